The van der Waals surface area contributed by atoms with Gasteiger partial charge < -0.3 is 24.8 Å². The monoisotopic (exact) mass is 386 g/mol. The second-order valence-corrected chi connectivity index (χ2v) is 6.22. The lowest BCUT2D eigenvalue weighted by atomic mass is 10.1. The number of methoxy groups -OCH3 is 1. The number of nitrogens with zero attached hydrogens (tertiary/aromatic N) is 1. The zero-order chi connectivity index (χ0) is 17.9. The summed E-state index contributed by atoms with van der Waals surface area (Å²) in [6, 6.07) is 7.36. The van der Waals surface area contributed by atoms with Gasteiger partial charge in [-0.2, -0.15) is 0 Å². The molecule has 0 aliphatic carbocycles. The maximum Gasteiger partial charge on any atom is 0.253 e. The van der Waals surface area contributed by atoms with Crippen molar-refractivity contribution in [1.82, 2.24) is 4.90 Å². The van der Waals surface area contributed by atoms with Gasteiger partial charge in [-0.05, 0) is 50.1 Å². The second-order valence-electron chi connectivity index (χ2n) is 6.22. The molecule has 1 fully saturated rings. The molecular formula is C19H31ClN2O4. The standard InChI is InChI=1S/C19H30N2O4.ClH/c1-23-13-3-15-25-17-6-4-16(5-7-17)19(22)21-11-8-18(9-12-21)24-14-2-10-20;/h4-7,18H,2-3,8-15,20H2,1H3;1H. The third-order valence-electron chi connectivity index (χ3n) is 4.29. The first kappa shape index (κ1) is 22.7. The molecule has 2 N–H and O–H groups in total. The van der Waals surface area contributed by atoms with Crippen LogP contribution in [0.5, 0.6) is 5.75 Å². The molecule has 26 heavy (non-hydrogen) atoms. The van der Waals surface area contributed by atoms with E-state index in [9.17, 15) is 4.79 Å². The molecule has 148 valence electrons. The molecule has 0 unspecified atom stereocenters. The van der Waals surface area contributed by atoms with Crippen LogP contribution in [0.2, 0.25) is 0 Å². The van der Waals surface area contributed by atoms with Gasteiger partial charge in [0.05, 0.1) is 12.7 Å². The van der Waals surface area contributed by atoms with Gasteiger partial charge in [-0.3, -0.25) is 4.79 Å². The molecule has 1 aromatic rings. The van der Waals surface area contributed by atoms with Crippen LogP contribution < -0.4 is 10.5 Å². The Labute approximate surface area is 162 Å². The topological polar surface area (TPSA) is 74.0 Å². The van der Waals surface area contributed by atoms with Crippen LogP contribution in [-0.2, 0) is 9.47 Å². The molecule has 0 spiro atoms. The van der Waals surface area contributed by atoms with Crippen molar-refractivity contribution < 1.29 is 19.0 Å². The number of piperidine rings is 1. The first-order valence-electron chi connectivity index (χ1n) is 9.07. The average Bonchev–Trinajstić information content (AvgIpc) is 2.66. The third-order valence-corrected chi connectivity index (χ3v) is 4.29. The number of carbonyl (C=O) groups is 1. The maximum atomic E-state index is 12.6. The fourth-order valence-electron chi connectivity index (χ4n) is 2.83. The van der Waals surface area contributed by atoms with Crippen LogP contribution in [0.3, 0.4) is 0 Å². The number of nitrogens with two attached hydrogens (primary N) is 1. The van der Waals surface area contributed by atoms with E-state index in [1.54, 1.807) is 7.11 Å². The Morgan fingerprint density at radius 1 is 1.12 bits per heavy atom. The number of rotatable bonds is 10. The minimum atomic E-state index is 0. The summed E-state index contributed by atoms with van der Waals surface area (Å²) in [5.41, 5.74) is 6.17. The van der Waals surface area contributed by atoms with Crippen molar-refractivity contribution in [2.45, 2.75) is 31.8 Å². The predicted molar refractivity (Wildman–Crippen MR) is 104 cm³/mol. The van der Waals surface area contributed by atoms with Gasteiger partial charge in [-0.15, -0.1) is 12.4 Å². The molecule has 1 aromatic carbocycles. The molecule has 1 aliphatic rings. The molecule has 1 saturated heterocycles. The van der Waals surface area contributed by atoms with Crippen LogP contribution in [0.15, 0.2) is 24.3 Å². The molecular weight excluding hydrogens is 356 g/mol. The molecule has 0 saturated carbocycles. The minimum absolute atomic E-state index is 0. The molecule has 0 radical (unpaired) electrons. The SMILES string of the molecule is COCCCOc1ccc(C(=O)N2CCC(OCCCN)CC2)cc1.Cl. The number of likely N-dealkylation sites (tertiary alicyclic amines) is 1. The Morgan fingerprint density at radius 3 is 2.42 bits per heavy atom. The van der Waals surface area contributed by atoms with Crippen molar-refractivity contribution in [2.24, 2.45) is 5.73 Å². The Kier molecular flexibility index (Phi) is 11.3. The minimum Gasteiger partial charge on any atom is -0.494 e. The summed E-state index contributed by atoms with van der Waals surface area (Å²) < 4.78 is 16.4. The number of carbonyl (C=O) groups excluding carboxylic acids is 1. The lowest BCUT2D eigenvalue weighted by molar-refractivity contribution is 0.00844. The van der Waals surface area contributed by atoms with Gasteiger partial charge in [0.25, 0.3) is 5.91 Å². The Balaban J connectivity index is 0.00000338. The first-order chi connectivity index (χ1) is 12.2. The summed E-state index contributed by atoms with van der Waals surface area (Å²) >= 11 is 0. The van der Waals surface area contributed by atoms with E-state index in [-0.39, 0.29) is 24.4 Å². The van der Waals surface area contributed by atoms with Crippen LogP contribution in [0.4, 0.5) is 0 Å². The highest BCUT2D eigenvalue weighted by molar-refractivity contribution is 5.94. The largest absolute Gasteiger partial charge is 0.494 e. The second kappa shape index (κ2) is 12.9. The van der Waals surface area contributed by atoms with Gasteiger partial charge >= 0.3 is 0 Å². The van der Waals surface area contributed by atoms with E-state index in [1.807, 2.05) is 29.2 Å². The summed E-state index contributed by atoms with van der Waals surface area (Å²) in [6.45, 7) is 4.13. The van der Waals surface area contributed by atoms with Crippen molar-refractivity contribution in [3.8, 4) is 5.75 Å². The van der Waals surface area contributed by atoms with E-state index in [0.717, 1.165) is 44.5 Å². The van der Waals surface area contributed by atoms with Crippen molar-refractivity contribution in [1.29, 1.82) is 0 Å². The van der Waals surface area contributed by atoms with Crippen LogP contribution in [0.1, 0.15) is 36.0 Å². The van der Waals surface area contributed by atoms with Gasteiger partial charge in [0, 0.05) is 45.4 Å². The average molecular weight is 387 g/mol. The number of benzene rings is 1. The van der Waals surface area contributed by atoms with Gasteiger partial charge in [0.15, 0.2) is 0 Å². The fraction of sp³-hybridized carbons (Fsp3) is 0.632. The van der Waals surface area contributed by atoms with Gasteiger partial charge in [-0.1, -0.05) is 0 Å². The Bertz CT molecular complexity index is 505. The van der Waals surface area contributed by atoms with E-state index in [2.05, 4.69) is 0 Å². The van der Waals surface area contributed by atoms with Crippen LogP contribution in [0, 0.1) is 0 Å². The maximum absolute atomic E-state index is 12.6. The molecule has 0 bridgehead atoms. The zero-order valence-electron chi connectivity index (χ0n) is 15.5. The summed E-state index contributed by atoms with van der Waals surface area (Å²) in [5.74, 6) is 0.853. The van der Waals surface area contributed by atoms with Crippen LogP contribution in [-0.4, -0.2) is 63.5 Å². The lowest BCUT2D eigenvalue weighted by Crippen LogP contribution is -2.41. The van der Waals surface area contributed by atoms with E-state index >= 15 is 0 Å². The summed E-state index contributed by atoms with van der Waals surface area (Å²) in [6.07, 6.45) is 3.76. The number of halogens is 1. The quantitative estimate of drug-likeness (QED) is 0.625. The number of ether oxygens (including phenoxy) is 3. The highest BCUT2D eigenvalue weighted by Gasteiger charge is 2.23. The predicted octanol–water partition coefficient (Wildman–Crippen LogP) is 2.49. The van der Waals surface area contributed by atoms with Gasteiger partial charge in [-0.25, -0.2) is 0 Å². The summed E-state index contributed by atoms with van der Waals surface area (Å²) in [7, 11) is 1.68. The Morgan fingerprint density at radius 2 is 1.81 bits per heavy atom. The van der Waals surface area contributed by atoms with Crippen molar-refractivity contribution >= 4 is 18.3 Å². The molecule has 1 amide bonds. The van der Waals surface area contributed by atoms with Gasteiger partial charge in [0.1, 0.15) is 5.75 Å². The number of hydrogen-bond acceptors (Lipinski definition) is 5. The van der Waals surface area contributed by atoms with Crippen LogP contribution in [0.25, 0.3) is 0 Å². The van der Waals surface area contributed by atoms with E-state index in [0.29, 0.717) is 31.9 Å². The molecule has 1 heterocycles. The molecule has 0 atom stereocenters. The smallest absolute Gasteiger partial charge is 0.253 e. The highest BCUT2D eigenvalue weighted by Crippen LogP contribution is 2.18. The van der Waals surface area contributed by atoms with Crippen LogP contribution >= 0.6 is 12.4 Å². The molecule has 2 rings (SSSR count). The van der Waals surface area contributed by atoms with E-state index in [4.69, 9.17) is 19.9 Å². The summed E-state index contributed by atoms with van der Waals surface area (Å²) in [4.78, 5) is 14.5. The van der Waals surface area contributed by atoms with E-state index < -0.39 is 0 Å². The molecule has 1 aliphatic heterocycles. The number of hydrogen-bond donors (Lipinski definition) is 1. The highest BCUT2D eigenvalue weighted by atomic mass is 35.5. The third kappa shape index (κ3) is 7.50. The van der Waals surface area contributed by atoms with Crippen molar-refractivity contribution in [2.75, 3.05) is 46.6 Å². The molecule has 0 aromatic heterocycles. The first-order valence-corrected chi connectivity index (χ1v) is 9.07. The fourth-order valence-corrected chi connectivity index (χ4v) is 2.83. The molecule has 6 nitrogen and oxygen atoms in total. The van der Waals surface area contributed by atoms with Gasteiger partial charge in [0.2, 0.25) is 0 Å². The van der Waals surface area contributed by atoms with Crippen molar-refractivity contribution in [3.05, 3.63) is 29.8 Å². The normalized spacial score (nSPS) is 14.8. The van der Waals surface area contributed by atoms with Crippen molar-refractivity contribution in [3.63, 3.8) is 0 Å². The Hall–Kier alpha value is -1.34. The molecule has 7 heteroatoms. The zero-order valence-corrected chi connectivity index (χ0v) is 16.3. The number of amides is 1. The lowest BCUT2D eigenvalue weighted by Gasteiger charge is -2.32. The van der Waals surface area contributed by atoms with E-state index in [1.165, 1.54) is 0 Å². The summed E-state index contributed by atoms with van der Waals surface area (Å²) in [5, 5.41) is 0.